The average molecular weight is 246 g/mol. The van der Waals surface area contributed by atoms with E-state index < -0.39 is 11.9 Å². The monoisotopic (exact) mass is 245 g/mol. The summed E-state index contributed by atoms with van der Waals surface area (Å²) in [6, 6.07) is 2.23. The Bertz CT molecular complexity index is 345. The second-order valence-electron chi connectivity index (χ2n) is 2.17. The van der Waals surface area contributed by atoms with Crippen LogP contribution >= 0.6 is 15.9 Å². The first-order valence-corrected chi connectivity index (χ1v) is 3.94. The summed E-state index contributed by atoms with van der Waals surface area (Å²) in [6.07, 6.45) is 0. The van der Waals surface area contributed by atoms with Crippen molar-refractivity contribution in [2.75, 3.05) is 0 Å². The Kier molecular flexibility index (Phi) is 2.62. The van der Waals surface area contributed by atoms with Gasteiger partial charge in [-0.05, 0) is 28.1 Å². The van der Waals surface area contributed by atoms with E-state index in [1.54, 1.807) is 0 Å². The van der Waals surface area contributed by atoms with Crippen LogP contribution in [-0.2, 0) is 0 Å². The molecule has 0 aliphatic rings. The smallest absolute Gasteiger partial charge is 0.354 e. The van der Waals surface area contributed by atoms with Crippen LogP contribution in [0.1, 0.15) is 20.8 Å². The van der Waals surface area contributed by atoms with Crippen LogP contribution in [0.4, 0.5) is 0 Å². The molecule has 1 rings (SSSR count). The second kappa shape index (κ2) is 3.53. The molecule has 2 N–H and O–H groups in total. The lowest BCUT2D eigenvalue weighted by molar-refractivity contribution is 0.0690. The van der Waals surface area contributed by atoms with Crippen molar-refractivity contribution in [1.29, 1.82) is 0 Å². The summed E-state index contributed by atoms with van der Waals surface area (Å²) in [5.41, 5.74) is -0.411. The maximum atomic E-state index is 10.5. The van der Waals surface area contributed by atoms with Crippen molar-refractivity contribution in [1.82, 2.24) is 4.98 Å². The quantitative estimate of drug-likeness (QED) is 0.766. The Balaban J connectivity index is 3.26. The van der Waals surface area contributed by atoms with Crippen LogP contribution < -0.4 is 0 Å². The number of carbonyl (C=O) groups is 2. The lowest BCUT2D eigenvalue weighted by Gasteiger charge is -1.97. The summed E-state index contributed by atoms with van der Waals surface area (Å²) in [6.45, 7) is 0. The van der Waals surface area contributed by atoms with Gasteiger partial charge in [-0.3, -0.25) is 0 Å². The number of carboxylic acid groups (broad SMARTS) is 2. The molecule has 13 heavy (non-hydrogen) atoms. The number of aromatic nitrogens is 1. The van der Waals surface area contributed by atoms with E-state index in [4.69, 9.17) is 10.2 Å². The standard InChI is InChI=1S/C7H4BrNO4/c8-5-2-3(6(10)11)1-4(9-5)7(12)13/h1-2H,(H,10,11)(H,12,13). The SMILES string of the molecule is O=C(O)c1cc(Br)nc(C(=O)O)c1. The molecule has 1 heterocycles. The molecule has 68 valence electrons. The number of carboxylic acids is 2. The number of aromatic carboxylic acids is 2. The molecule has 0 radical (unpaired) electrons. The van der Waals surface area contributed by atoms with Crippen LogP contribution in [0.3, 0.4) is 0 Å². The molecule has 0 spiro atoms. The third kappa shape index (κ3) is 2.25. The van der Waals surface area contributed by atoms with Crippen LogP contribution in [0.5, 0.6) is 0 Å². The lowest BCUT2D eigenvalue weighted by Crippen LogP contribution is -2.05. The van der Waals surface area contributed by atoms with E-state index in [-0.39, 0.29) is 15.9 Å². The lowest BCUT2D eigenvalue weighted by atomic mass is 10.2. The largest absolute Gasteiger partial charge is 0.478 e. The van der Waals surface area contributed by atoms with Crippen LogP contribution in [0.25, 0.3) is 0 Å². The van der Waals surface area contributed by atoms with Gasteiger partial charge < -0.3 is 10.2 Å². The molecule has 0 aliphatic carbocycles. The van der Waals surface area contributed by atoms with Gasteiger partial charge in [-0.15, -0.1) is 0 Å². The Labute approximate surface area is 81.2 Å². The number of nitrogens with zero attached hydrogens (tertiary/aromatic N) is 1. The minimum Gasteiger partial charge on any atom is -0.478 e. The van der Waals surface area contributed by atoms with Gasteiger partial charge in [0.2, 0.25) is 0 Å². The van der Waals surface area contributed by atoms with Crippen molar-refractivity contribution in [3.8, 4) is 0 Å². The van der Waals surface area contributed by atoms with E-state index in [9.17, 15) is 9.59 Å². The molecule has 0 saturated heterocycles. The fourth-order valence-corrected chi connectivity index (χ4v) is 1.17. The number of rotatable bonds is 2. The normalized spacial score (nSPS) is 9.62. The van der Waals surface area contributed by atoms with Crippen molar-refractivity contribution in [2.45, 2.75) is 0 Å². The van der Waals surface area contributed by atoms with Gasteiger partial charge in [-0.25, -0.2) is 14.6 Å². The van der Waals surface area contributed by atoms with Gasteiger partial charge in [0, 0.05) is 0 Å². The highest BCUT2D eigenvalue weighted by Gasteiger charge is 2.11. The van der Waals surface area contributed by atoms with Gasteiger partial charge in [-0.1, -0.05) is 0 Å². The molecule has 1 aromatic heterocycles. The van der Waals surface area contributed by atoms with Gasteiger partial charge in [0.05, 0.1) is 5.56 Å². The van der Waals surface area contributed by atoms with Gasteiger partial charge in [0.25, 0.3) is 0 Å². The molecule has 0 aromatic carbocycles. The summed E-state index contributed by atoms with van der Waals surface area (Å²) in [4.78, 5) is 24.5. The highest BCUT2D eigenvalue weighted by atomic mass is 79.9. The van der Waals surface area contributed by atoms with Crippen LogP contribution in [0, 0.1) is 0 Å². The highest BCUT2D eigenvalue weighted by Crippen LogP contribution is 2.11. The first kappa shape index (κ1) is 9.66. The molecule has 0 unspecified atom stereocenters. The Hall–Kier alpha value is -1.43. The molecule has 0 amide bonds. The summed E-state index contributed by atoms with van der Waals surface area (Å²) in [7, 11) is 0. The van der Waals surface area contributed by atoms with Gasteiger partial charge in [0.15, 0.2) is 0 Å². The number of hydrogen-bond acceptors (Lipinski definition) is 3. The minimum absolute atomic E-state index is 0.112. The zero-order valence-electron chi connectivity index (χ0n) is 6.19. The number of pyridine rings is 1. The number of halogens is 1. The van der Waals surface area contributed by atoms with Crippen molar-refractivity contribution >= 4 is 27.9 Å². The highest BCUT2D eigenvalue weighted by molar-refractivity contribution is 9.10. The van der Waals surface area contributed by atoms with E-state index in [1.165, 1.54) is 6.07 Å². The molecule has 0 fully saturated rings. The molecule has 5 nitrogen and oxygen atoms in total. The van der Waals surface area contributed by atoms with E-state index in [0.717, 1.165) is 6.07 Å². The fourth-order valence-electron chi connectivity index (χ4n) is 0.730. The molecule has 0 bridgehead atoms. The van der Waals surface area contributed by atoms with E-state index >= 15 is 0 Å². The average Bonchev–Trinajstić information content (AvgIpc) is 2.03. The van der Waals surface area contributed by atoms with E-state index in [1.807, 2.05) is 0 Å². The van der Waals surface area contributed by atoms with E-state index in [0.29, 0.717) is 0 Å². The minimum atomic E-state index is -1.26. The Morgan fingerprint density at radius 2 is 1.85 bits per heavy atom. The summed E-state index contributed by atoms with van der Waals surface area (Å²) < 4.78 is 0.185. The molecule has 0 saturated carbocycles. The summed E-state index contributed by atoms with van der Waals surface area (Å²) in [5.74, 6) is -2.45. The zero-order valence-corrected chi connectivity index (χ0v) is 7.78. The molecular formula is C7H4BrNO4. The Morgan fingerprint density at radius 3 is 2.31 bits per heavy atom. The first-order chi connectivity index (χ1) is 6.00. The predicted molar refractivity (Wildman–Crippen MR) is 45.9 cm³/mol. The topological polar surface area (TPSA) is 87.5 Å². The zero-order chi connectivity index (χ0) is 10.0. The molecule has 1 aromatic rings. The molecule has 0 aliphatic heterocycles. The summed E-state index contributed by atoms with van der Waals surface area (Å²) in [5, 5.41) is 17.1. The predicted octanol–water partition coefficient (Wildman–Crippen LogP) is 1.24. The molecule has 0 atom stereocenters. The van der Waals surface area contributed by atoms with E-state index in [2.05, 4.69) is 20.9 Å². The van der Waals surface area contributed by atoms with Gasteiger partial charge in [-0.2, -0.15) is 0 Å². The molecule has 6 heteroatoms. The maximum absolute atomic E-state index is 10.5. The van der Waals surface area contributed by atoms with Crippen LogP contribution in [0.2, 0.25) is 0 Å². The van der Waals surface area contributed by atoms with Crippen molar-refractivity contribution in [3.63, 3.8) is 0 Å². The maximum Gasteiger partial charge on any atom is 0.354 e. The number of hydrogen-bond donors (Lipinski definition) is 2. The van der Waals surface area contributed by atoms with Crippen LogP contribution in [0.15, 0.2) is 16.7 Å². The first-order valence-electron chi connectivity index (χ1n) is 3.15. The van der Waals surface area contributed by atoms with Crippen LogP contribution in [-0.4, -0.2) is 27.1 Å². The molecular weight excluding hydrogens is 242 g/mol. The third-order valence-corrected chi connectivity index (χ3v) is 1.67. The summed E-state index contributed by atoms with van der Waals surface area (Å²) >= 11 is 2.91. The van der Waals surface area contributed by atoms with Crippen molar-refractivity contribution < 1.29 is 19.8 Å². The fraction of sp³-hybridized carbons (Fsp3) is 0. The third-order valence-electron chi connectivity index (χ3n) is 1.26. The van der Waals surface area contributed by atoms with Gasteiger partial charge in [0.1, 0.15) is 10.3 Å². The van der Waals surface area contributed by atoms with Gasteiger partial charge >= 0.3 is 11.9 Å². The second-order valence-corrected chi connectivity index (χ2v) is 2.99. The van der Waals surface area contributed by atoms with Crippen molar-refractivity contribution in [3.05, 3.63) is 28.0 Å². The van der Waals surface area contributed by atoms with Crippen molar-refractivity contribution in [2.24, 2.45) is 0 Å². The Morgan fingerprint density at radius 1 is 1.23 bits per heavy atom.